The molecule has 0 saturated carbocycles. The zero-order chi connectivity index (χ0) is 12.3. The molecule has 0 amide bonds. The van der Waals surface area contributed by atoms with Crippen molar-refractivity contribution in [3.8, 4) is 12.3 Å². The number of carbonyl (C=O) groups is 1. The molecule has 0 atom stereocenters. The van der Waals surface area contributed by atoms with E-state index in [0.29, 0.717) is 0 Å². The summed E-state index contributed by atoms with van der Waals surface area (Å²) in [5.41, 5.74) is -0.959. The fourth-order valence-electron chi connectivity index (χ4n) is 1.22. The standard InChI is InChI=1S/C12H12FNO2/c1-4-12(2,3)14-9-7-5-6-8(13)10(9)11(15)16/h1,5-7,14H,2-3H3,(H,15,16). The quantitative estimate of drug-likeness (QED) is 0.770. The molecule has 0 spiro atoms. The molecule has 1 rings (SSSR count). The van der Waals surface area contributed by atoms with Crippen LogP contribution in [0.15, 0.2) is 18.2 Å². The highest BCUT2D eigenvalue weighted by Crippen LogP contribution is 2.22. The molecule has 3 nitrogen and oxygen atoms in total. The third-order valence-corrected chi connectivity index (χ3v) is 2.04. The fourth-order valence-corrected chi connectivity index (χ4v) is 1.22. The summed E-state index contributed by atoms with van der Waals surface area (Å²) in [6.45, 7) is 3.40. The summed E-state index contributed by atoms with van der Waals surface area (Å²) in [5.74, 6) is 0.337. The van der Waals surface area contributed by atoms with E-state index in [1.54, 1.807) is 13.8 Å². The van der Waals surface area contributed by atoms with Crippen LogP contribution in [0.1, 0.15) is 24.2 Å². The average Bonchev–Trinajstić information content (AvgIpc) is 2.16. The third-order valence-electron chi connectivity index (χ3n) is 2.04. The minimum Gasteiger partial charge on any atom is -0.478 e. The van der Waals surface area contributed by atoms with Gasteiger partial charge in [0.1, 0.15) is 11.4 Å². The van der Waals surface area contributed by atoms with Crippen molar-refractivity contribution in [1.82, 2.24) is 0 Å². The summed E-state index contributed by atoms with van der Waals surface area (Å²) in [6.07, 6.45) is 5.26. The number of anilines is 1. The molecular formula is C12H12FNO2. The number of aromatic carboxylic acids is 1. The SMILES string of the molecule is C#CC(C)(C)Nc1cccc(F)c1C(=O)O. The van der Waals surface area contributed by atoms with E-state index in [9.17, 15) is 9.18 Å². The maximum absolute atomic E-state index is 13.3. The van der Waals surface area contributed by atoms with Gasteiger partial charge in [-0.25, -0.2) is 9.18 Å². The first-order valence-corrected chi connectivity index (χ1v) is 4.65. The second-order valence-corrected chi connectivity index (χ2v) is 3.86. The van der Waals surface area contributed by atoms with Crippen LogP contribution in [-0.4, -0.2) is 16.6 Å². The Labute approximate surface area is 93.3 Å². The molecule has 0 aliphatic rings. The van der Waals surface area contributed by atoms with Gasteiger partial charge in [-0.1, -0.05) is 12.0 Å². The summed E-state index contributed by atoms with van der Waals surface area (Å²) in [4.78, 5) is 10.9. The lowest BCUT2D eigenvalue weighted by atomic mass is 10.0. The molecule has 4 heteroatoms. The molecule has 1 aromatic rings. The van der Waals surface area contributed by atoms with Crippen LogP contribution in [0.3, 0.4) is 0 Å². The van der Waals surface area contributed by atoms with Gasteiger partial charge in [-0.2, -0.15) is 0 Å². The van der Waals surface area contributed by atoms with Crippen molar-refractivity contribution in [3.05, 3.63) is 29.6 Å². The number of hydrogen-bond acceptors (Lipinski definition) is 2. The minimum absolute atomic E-state index is 0.176. The predicted molar refractivity (Wildman–Crippen MR) is 59.9 cm³/mol. The summed E-state index contributed by atoms with van der Waals surface area (Å²) >= 11 is 0. The van der Waals surface area contributed by atoms with Crippen LogP contribution >= 0.6 is 0 Å². The van der Waals surface area contributed by atoms with E-state index >= 15 is 0 Å². The maximum Gasteiger partial charge on any atom is 0.340 e. The first-order valence-electron chi connectivity index (χ1n) is 4.65. The number of nitrogens with one attached hydrogen (secondary N) is 1. The molecular weight excluding hydrogens is 209 g/mol. The van der Waals surface area contributed by atoms with E-state index in [-0.39, 0.29) is 5.69 Å². The highest BCUT2D eigenvalue weighted by Gasteiger charge is 2.20. The number of halogens is 1. The Morgan fingerprint density at radius 3 is 2.69 bits per heavy atom. The van der Waals surface area contributed by atoms with Gasteiger partial charge in [0.25, 0.3) is 0 Å². The Morgan fingerprint density at radius 1 is 1.56 bits per heavy atom. The molecule has 0 saturated heterocycles. The van der Waals surface area contributed by atoms with Crippen molar-refractivity contribution in [2.45, 2.75) is 19.4 Å². The van der Waals surface area contributed by atoms with Crippen LogP contribution in [-0.2, 0) is 0 Å². The van der Waals surface area contributed by atoms with Crippen LogP contribution in [0.4, 0.5) is 10.1 Å². The lowest BCUT2D eigenvalue weighted by Crippen LogP contribution is -2.29. The number of benzene rings is 1. The van der Waals surface area contributed by atoms with Crippen molar-refractivity contribution in [2.75, 3.05) is 5.32 Å². The number of rotatable bonds is 3. The second-order valence-electron chi connectivity index (χ2n) is 3.86. The normalized spacial score (nSPS) is 10.6. The molecule has 0 fully saturated rings. The summed E-state index contributed by atoms with van der Waals surface area (Å²) in [7, 11) is 0. The molecule has 84 valence electrons. The van der Waals surface area contributed by atoms with E-state index in [1.165, 1.54) is 12.1 Å². The zero-order valence-electron chi connectivity index (χ0n) is 9.04. The Morgan fingerprint density at radius 2 is 2.19 bits per heavy atom. The first-order chi connectivity index (χ1) is 7.37. The van der Waals surface area contributed by atoms with Gasteiger partial charge in [0.15, 0.2) is 0 Å². The molecule has 0 radical (unpaired) electrons. The number of hydrogen-bond donors (Lipinski definition) is 2. The Hall–Kier alpha value is -2.02. The molecule has 16 heavy (non-hydrogen) atoms. The number of carboxylic acid groups (broad SMARTS) is 1. The molecule has 2 N–H and O–H groups in total. The third kappa shape index (κ3) is 2.51. The predicted octanol–water partition coefficient (Wildman–Crippen LogP) is 2.35. The molecule has 0 heterocycles. The highest BCUT2D eigenvalue weighted by atomic mass is 19.1. The van der Waals surface area contributed by atoms with E-state index in [2.05, 4.69) is 11.2 Å². The van der Waals surface area contributed by atoms with Crippen molar-refractivity contribution in [1.29, 1.82) is 0 Å². The minimum atomic E-state index is -1.33. The van der Waals surface area contributed by atoms with Gasteiger partial charge < -0.3 is 10.4 Å². The van der Waals surface area contributed by atoms with Crippen LogP contribution < -0.4 is 5.32 Å². The van der Waals surface area contributed by atoms with Gasteiger partial charge in [0, 0.05) is 0 Å². The van der Waals surface area contributed by atoms with Gasteiger partial charge in [0.2, 0.25) is 0 Å². The van der Waals surface area contributed by atoms with E-state index in [1.807, 2.05) is 0 Å². The topological polar surface area (TPSA) is 49.3 Å². The maximum atomic E-state index is 13.3. The van der Waals surface area contributed by atoms with Crippen molar-refractivity contribution in [3.63, 3.8) is 0 Å². The molecule has 0 aliphatic heterocycles. The Balaban J connectivity index is 3.21. The molecule has 0 unspecified atom stereocenters. The Kier molecular flexibility index (Phi) is 3.19. The highest BCUT2D eigenvalue weighted by molar-refractivity contribution is 5.94. The van der Waals surface area contributed by atoms with Crippen LogP contribution in [0.5, 0.6) is 0 Å². The van der Waals surface area contributed by atoms with E-state index in [4.69, 9.17) is 11.5 Å². The van der Waals surface area contributed by atoms with Crippen LogP contribution in [0, 0.1) is 18.2 Å². The Bertz CT molecular complexity index is 461. The lowest BCUT2D eigenvalue weighted by Gasteiger charge is -2.22. The summed E-state index contributed by atoms with van der Waals surface area (Å²) < 4.78 is 13.3. The van der Waals surface area contributed by atoms with Gasteiger partial charge in [-0.3, -0.25) is 0 Å². The smallest absolute Gasteiger partial charge is 0.340 e. The average molecular weight is 221 g/mol. The van der Waals surface area contributed by atoms with Crippen molar-refractivity contribution < 1.29 is 14.3 Å². The van der Waals surface area contributed by atoms with Crippen molar-refractivity contribution in [2.24, 2.45) is 0 Å². The van der Waals surface area contributed by atoms with Gasteiger partial charge in [0.05, 0.1) is 11.2 Å². The summed E-state index contributed by atoms with van der Waals surface area (Å²) in [5, 5.41) is 11.7. The van der Waals surface area contributed by atoms with Gasteiger partial charge >= 0.3 is 5.97 Å². The first kappa shape index (κ1) is 12.1. The van der Waals surface area contributed by atoms with E-state index < -0.39 is 22.9 Å². The van der Waals surface area contributed by atoms with Crippen LogP contribution in [0.2, 0.25) is 0 Å². The summed E-state index contributed by atoms with van der Waals surface area (Å²) in [6, 6.07) is 4.00. The van der Waals surface area contributed by atoms with E-state index in [0.717, 1.165) is 6.07 Å². The zero-order valence-corrected chi connectivity index (χ0v) is 9.04. The molecule has 0 aliphatic carbocycles. The molecule has 0 aromatic heterocycles. The van der Waals surface area contributed by atoms with Gasteiger partial charge in [-0.05, 0) is 26.0 Å². The molecule has 1 aromatic carbocycles. The fraction of sp³-hybridized carbons (Fsp3) is 0.250. The second kappa shape index (κ2) is 4.23. The lowest BCUT2D eigenvalue weighted by molar-refractivity contribution is 0.0693. The number of terminal acetylenes is 1. The largest absolute Gasteiger partial charge is 0.478 e. The van der Waals surface area contributed by atoms with Gasteiger partial charge in [-0.15, -0.1) is 6.42 Å². The monoisotopic (exact) mass is 221 g/mol. The number of carboxylic acids is 1. The molecule has 0 bridgehead atoms. The van der Waals surface area contributed by atoms with Crippen molar-refractivity contribution >= 4 is 11.7 Å². The van der Waals surface area contributed by atoms with Crippen LogP contribution in [0.25, 0.3) is 0 Å².